The molecule has 25 heavy (non-hydrogen) atoms. The minimum absolute atomic E-state index is 0. The quantitative estimate of drug-likeness (QED) is 0.247. The van der Waals surface area contributed by atoms with Crippen molar-refractivity contribution in [2.75, 3.05) is 33.2 Å². The van der Waals surface area contributed by atoms with E-state index in [4.69, 9.17) is 23.2 Å². The Bertz CT molecular complexity index is 548. The molecule has 1 aromatic carbocycles. The Balaban J connectivity index is 0.00000312. The number of hydrogen-bond acceptors (Lipinski definition) is 2. The summed E-state index contributed by atoms with van der Waals surface area (Å²) in [6.45, 7) is 6.75. The maximum atomic E-state index is 6.27. The summed E-state index contributed by atoms with van der Waals surface area (Å²) in [6, 6.07) is 5.64. The van der Waals surface area contributed by atoms with Crippen LogP contribution in [0.4, 0.5) is 0 Å². The van der Waals surface area contributed by atoms with Crippen LogP contribution >= 0.6 is 47.2 Å². The van der Waals surface area contributed by atoms with Crippen LogP contribution in [0.25, 0.3) is 0 Å². The van der Waals surface area contributed by atoms with E-state index in [9.17, 15) is 0 Å². The Kier molecular flexibility index (Phi) is 11.1. The molecule has 4 nitrogen and oxygen atoms in total. The predicted octanol–water partition coefficient (Wildman–Crippen LogP) is 4.71. The lowest BCUT2D eigenvalue weighted by Gasteiger charge is -2.20. The van der Waals surface area contributed by atoms with Crippen molar-refractivity contribution in [2.45, 2.75) is 38.6 Å². The Hall–Kier alpha value is -0.240. The van der Waals surface area contributed by atoms with Crippen molar-refractivity contribution in [3.63, 3.8) is 0 Å². The van der Waals surface area contributed by atoms with Gasteiger partial charge >= 0.3 is 0 Å². The number of halogens is 3. The molecule has 0 aromatic heterocycles. The minimum Gasteiger partial charge on any atom is -0.356 e. The summed E-state index contributed by atoms with van der Waals surface area (Å²) in [6.07, 6.45) is 5.09. The number of aliphatic imine (C=N–C) groups is 1. The summed E-state index contributed by atoms with van der Waals surface area (Å²) in [4.78, 5) is 6.84. The van der Waals surface area contributed by atoms with Gasteiger partial charge in [0.25, 0.3) is 0 Å². The van der Waals surface area contributed by atoms with E-state index >= 15 is 0 Å². The monoisotopic (exact) mass is 498 g/mol. The number of guanidine groups is 1. The Morgan fingerprint density at radius 3 is 2.60 bits per heavy atom. The lowest BCUT2D eigenvalue weighted by Crippen LogP contribution is -2.39. The van der Waals surface area contributed by atoms with Gasteiger partial charge in [-0.3, -0.25) is 4.99 Å². The van der Waals surface area contributed by atoms with Crippen LogP contribution in [0.5, 0.6) is 0 Å². The highest BCUT2D eigenvalue weighted by Gasteiger charge is 2.12. The molecular formula is C18H29Cl2IN4. The van der Waals surface area contributed by atoms with E-state index < -0.39 is 0 Å². The SMILES string of the molecule is CN=C(NCCCCN1CCCC1)NC(C)c1ccc(Cl)cc1Cl.I. The normalized spacial score (nSPS) is 16.4. The zero-order chi connectivity index (χ0) is 17.4. The molecule has 1 unspecified atom stereocenters. The number of unbranched alkanes of at least 4 members (excludes halogenated alkanes) is 1. The molecule has 2 rings (SSSR count). The van der Waals surface area contributed by atoms with Crippen LogP contribution in [-0.2, 0) is 0 Å². The number of rotatable bonds is 7. The van der Waals surface area contributed by atoms with E-state index in [-0.39, 0.29) is 30.0 Å². The molecule has 0 amide bonds. The summed E-state index contributed by atoms with van der Waals surface area (Å²) in [5.74, 6) is 0.801. The van der Waals surface area contributed by atoms with Gasteiger partial charge in [-0.05, 0) is 69.9 Å². The summed E-state index contributed by atoms with van der Waals surface area (Å²) in [5.41, 5.74) is 1.01. The zero-order valence-corrected chi connectivity index (χ0v) is 18.9. The molecule has 1 fully saturated rings. The second-order valence-corrected chi connectivity index (χ2v) is 7.13. The fourth-order valence-corrected chi connectivity index (χ4v) is 3.58. The highest BCUT2D eigenvalue weighted by atomic mass is 127. The van der Waals surface area contributed by atoms with Gasteiger partial charge in [0, 0.05) is 23.6 Å². The molecule has 142 valence electrons. The molecule has 1 aliphatic rings. The van der Waals surface area contributed by atoms with Crippen molar-refractivity contribution in [2.24, 2.45) is 4.99 Å². The Labute approximate surface area is 178 Å². The zero-order valence-electron chi connectivity index (χ0n) is 15.0. The summed E-state index contributed by atoms with van der Waals surface area (Å²) in [7, 11) is 1.79. The molecule has 0 spiro atoms. The van der Waals surface area contributed by atoms with Crippen LogP contribution in [0.2, 0.25) is 10.0 Å². The molecule has 1 heterocycles. The standard InChI is InChI=1S/C18H28Cl2N4.HI/c1-14(16-8-7-15(19)13-17(16)20)23-18(21-2)22-9-3-4-10-24-11-5-6-12-24;/h7-8,13-14H,3-6,9-12H2,1-2H3,(H2,21,22,23);1H. The van der Waals surface area contributed by atoms with Crippen LogP contribution in [0.3, 0.4) is 0 Å². The summed E-state index contributed by atoms with van der Waals surface area (Å²) >= 11 is 12.2. The average molecular weight is 499 g/mol. The lowest BCUT2D eigenvalue weighted by atomic mass is 10.1. The van der Waals surface area contributed by atoms with Gasteiger partial charge in [-0.25, -0.2) is 0 Å². The van der Waals surface area contributed by atoms with E-state index in [1.165, 1.54) is 38.9 Å². The van der Waals surface area contributed by atoms with Crippen LogP contribution in [0.15, 0.2) is 23.2 Å². The minimum atomic E-state index is 0. The predicted molar refractivity (Wildman–Crippen MR) is 120 cm³/mol. The number of benzene rings is 1. The molecule has 7 heteroatoms. The third kappa shape index (κ3) is 7.89. The highest BCUT2D eigenvalue weighted by Crippen LogP contribution is 2.25. The van der Waals surface area contributed by atoms with Crippen molar-refractivity contribution >= 4 is 53.1 Å². The molecule has 0 radical (unpaired) electrons. The first-order valence-electron chi connectivity index (χ1n) is 8.74. The molecule has 1 atom stereocenters. The second kappa shape index (κ2) is 12.2. The van der Waals surface area contributed by atoms with E-state index in [1.54, 1.807) is 13.1 Å². The van der Waals surface area contributed by atoms with Gasteiger partial charge in [-0.15, -0.1) is 24.0 Å². The average Bonchev–Trinajstić information content (AvgIpc) is 3.06. The molecule has 1 aromatic rings. The van der Waals surface area contributed by atoms with Crippen molar-refractivity contribution in [1.82, 2.24) is 15.5 Å². The first kappa shape index (κ1) is 22.8. The van der Waals surface area contributed by atoms with E-state index in [0.29, 0.717) is 10.0 Å². The highest BCUT2D eigenvalue weighted by molar-refractivity contribution is 14.0. The van der Waals surface area contributed by atoms with Gasteiger partial charge in [-0.2, -0.15) is 0 Å². The number of nitrogens with zero attached hydrogens (tertiary/aromatic N) is 2. The maximum absolute atomic E-state index is 6.27. The van der Waals surface area contributed by atoms with Crippen LogP contribution in [0, 0.1) is 0 Å². The van der Waals surface area contributed by atoms with E-state index in [2.05, 4.69) is 27.4 Å². The third-order valence-electron chi connectivity index (χ3n) is 4.40. The van der Waals surface area contributed by atoms with Gasteiger partial charge in [0.1, 0.15) is 0 Å². The molecular weight excluding hydrogens is 470 g/mol. The molecule has 0 bridgehead atoms. The van der Waals surface area contributed by atoms with E-state index in [1.807, 2.05) is 12.1 Å². The largest absolute Gasteiger partial charge is 0.356 e. The smallest absolute Gasteiger partial charge is 0.191 e. The third-order valence-corrected chi connectivity index (χ3v) is 4.96. The van der Waals surface area contributed by atoms with Crippen molar-refractivity contribution in [1.29, 1.82) is 0 Å². The van der Waals surface area contributed by atoms with Crippen molar-refractivity contribution < 1.29 is 0 Å². The fraction of sp³-hybridized carbons (Fsp3) is 0.611. The second-order valence-electron chi connectivity index (χ2n) is 6.29. The topological polar surface area (TPSA) is 39.7 Å². The van der Waals surface area contributed by atoms with Gasteiger partial charge < -0.3 is 15.5 Å². The van der Waals surface area contributed by atoms with Crippen molar-refractivity contribution in [3.05, 3.63) is 33.8 Å². The Morgan fingerprint density at radius 2 is 1.96 bits per heavy atom. The summed E-state index contributed by atoms with van der Waals surface area (Å²) in [5, 5.41) is 8.07. The van der Waals surface area contributed by atoms with Gasteiger partial charge in [0.15, 0.2) is 5.96 Å². The van der Waals surface area contributed by atoms with Crippen LogP contribution in [-0.4, -0.2) is 44.1 Å². The molecule has 1 aliphatic heterocycles. The van der Waals surface area contributed by atoms with Gasteiger partial charge in [-0.1, -0.05) is 29.3 Å². The number of nitrogens with one attached hydrogen (secondary N) is 2. The van der Waals surface area contributed by atoms with Crippen LogP contribution < -0.4 is 10.6 Å². The summed E-state index contributed by atoms with van der Waals surface area (Å²) < 4.78 is 0. The number of hydrogen-bond donors (Lipinski definition) is 2. The number of likely N-dealkylation sites (tertiary alicyclic amines) is 1. The fourth-order valence-electron chi connectivity index (χ4n) is 3.00. The van der Waals surface area contributed by atoms with Gasteiger partial charge in [0.2, 0.25) is 0 Å². The van der Waals surface area contributed by atoms with E-state index in [0.717, 1.165) is 24.5 Å². The molecule has 2 N–H and O–H groups in total. The first-order valence-corrected chi connectivity index (χ1v) is 9.50. The van der Waals surface area contributed by atoms with Crippen molar-refractivity contribution in [3.8, 4) is 0 Å². The van der Waals surface area contributed by atoms with Gasteiger partial charge in [0.05, 0.1) is 6.04 Å². The Morgan fingerprint density at radius 1 is 1.24 bits per heavy atom. The molecule has 0 aliphatic carbocycles. The van der Waals surface area contributed by atoms with Crippen LogP contribution in [0.1, 0.15) is 44.2 Å². The first-order chi connectivity index (χ1) is 11.6. The molecule has 0 saturated carbocycles. The lowest BCUT2D eigenvalue weighted by molar-refractivity contribution is 0.330. The molecule has 1 saturated heterocycles. The maximum Gasteiger partial charge on any atom is 0.191 e.